The summed E-state index contributed by atoms with van der Waals surface area (Å²) in [5.41, 5.74) is 0.369. The number of unbranched alkanes of at least 4 members (excludes halogenated alkanes) is 15. The predicted molar refractivity (Wildman–Crippen MR) is 195 cm³/mol. The maximum Gasteiger partial charge on any atom is 0.305 e. The van der Waals surface area contributed by atoms with Crippen LogP contribution in [0.3, 0.4) is 0 Å². The highest BCUT2D eigenvalue weighted by molar-refractivity contribution is 8.03. The summed E-state index contributed by atoms with van der Waals surface area (Å²) in [7, 11) is -3.85. The Labute approximate surface area is 296 Å². The zero-order chi connectivity index (χ0) is 34.3. The van der Waals surface area contributed by atoms with Crippen molar-refractivity contribution < 1.29 is 31.6 Å². The van der Waals surface area contributed by atoms with Gasteiger partial charge in [0, 0.05) is 31.7 Å². The van der Waals surface area contributed by atoms with Gasteiger partial charge in [-0.3, -0.25) is 4.79 Å². The Bertz CT molecular complexity index is 1130. The summed E-state index contributed by atoms with van der Waals surface area (Å²) in [6.07, 6.45) is 24.5. The van der Waals surface area contributed by atoms with Crippen molar-refractivity contribution in [1.29, 1.82) is 0 Å². The van der Waals surface area contributed by atoms with Gasteiger partial charge in [-0.15, -0.1) is 0 Å². The lowest BCUT2D eigenvalue weighted by atomic mass is 10.0. The number of esters is 1. The number of carbonyl (C=O) groups is 1. The summed E-state index contributed by atoms with van der Waals surface area (Å²) < 4.78 is 48.1. The fourth-order valence-corrected chi connectivity index (χ4v) is 8.21. The Morgan fingerprint density at radius 2 is 1.48 bits per heavy atom. The summed E-state index contributed by atoms with van der Waals surface area (Å²) in [5, 5.41) is 1.84. The van der Waals surface area contributed by atoms with Crippen molar-refractivity contribution in [3.8, 4) is 0 Å². The van der Waals surface area contributed by atoms with Crippen molar-refractivity contribution in [2.75, 3.05) is 33.0 Å². The average Bonchev–Trinajstić information content (AvgIpc) is 3.72. The molecule has 2 heterocycles. The number of aryl methyl sites for hydroxylation is 1. The highest BCUT2D eigenvalue weighted by Gasteiger charge is 2.28. The molecular weight excluding hydrogens is 647 g/mol. The standard InChI is InChI=1S/C38H63NO7S2/c1-3-4-5-6-7-8-9-10-11-12-13-14-15-19-27-43-30-34-29-35(44-31-34)32-45-37(40)20-17-16-18-25-39-26-28-47-38(39)46-48(41,42)36-23-21-33(2)22-24-36/h21-24,26,28,34-35,38H,3-20,25,27,29-32H2,1-2H3. The van der Waals surface area contributed by atoms with Crippen molar-refractivity contribution in [2.45, 2.75) is 152 Å². The lowest BCUT2D eigenvalue weighted by Gasteiger charge is -2.24. The van der Waals surface area contributed by atoms with E-state index in [1.54, 1.807) is 24.3 Å². The monoisotopic (exact) mass is 709 g/mol. The van der Waals surface area contributed by atoms with Gasteiger partial charge in [-0.05, 0) is 50.1 Å². The molecule has 0 bridgehead atoms. The molecule has 48 heavy (non-hydrogen) atoms. The van der Waals surface area contributed by atoms with Crippen molar-refractivity contribution in [1.82, 2.24) is 4.90 Å². The Morgan fingerprint density at radius 1 is 0.854 bits per heavy atom. The van der Waals surface area contributed by atoms with Crippen LogP contribution in [-0.4, -0.2) is 63.9 Å². The quantitative estimate of drug-likeness (QED) is 0.0479. The van der Waals surface area contributed by atoms with Gasteiger partial charge in [0.1, 0.15) is 6.61 Å². The highest BCUT2D eigenvalue weighted by atomic mass is 32.2. The Balaban J connectivity index is 1.10. The Kier molecular flexibility index (Phi) is 20.9. The van der Waals surface area contributed by atoms with Crippen molar-refractivity contribution >= 4 is 27.8 Å². The van der Waals surface area contributed by atoms with Crippen molar-refractivity contribution in [3.05, 3.63) is 41.4 Å². The summed E-state index contributed by atoms with van der Waals surface area (Å²) >= 11 is 1.33. The second kappa shape index (κ2) is 24.5. The van der Waals surface area contributed by atoms with Gasteiger partial charge in [0.2, 0.25) is 5.56 Å². The lowest BCUT2D eigenvalue weighted by Crippen LogP contribution is -2.30. The van der Waals surface area contributed by atoms with E-state index in [1.165, 1.54) is 95.2 Å². The van der Waals surface area contributed by atoms with E-state index in [0.717, 1.165) is 50.9 Å². The smallest absolute Gasteiger partial charge is 0.305 e. The number of carbonyl (C=O) groups excluding carboxylic acids is 1. The van der Waals surface area contributed by atoms with E-state index in [4.69, 9.17) is 18.4 Å². The average molecular weight is 710 g/mol. The first kappa shape index (κ1) is 40.8. The zero-order valence-electron chi connectivity index (χ0n) is 29.8. The molecule has 2 aliphatic heterocycles. The number of benzene rings is 1. The van der Waals surface area contributed by atoms with E-state index in [9.17, 15) is 13.2 Å². The fourth-order valence-electron chi connectivity index (χ4n) is 6.12. The van der Waals surface area contributed by atoms with Gasteiger partial charge >= 0.3 is 5.97 Å². The third-order valence-electron chi connectivity index (χ3n) is 9.12. The number of nitrogens with zero attached hydrogens (tertiary/aromatic N) is 1. The van der Waals surface area contributed by atoms with E-state index in [0.29, 0.717) is 32.1 Å². The van der Waals surface area contributed by atoms with Crippen LogP contribution in [0.1, 0.15) is 134 Å². The molecule has 3 atom stereocenters. The van der Waals surface area contributed by atoms with Crippen LogP contribution in [0.25, 0.3) is 0 Å². The van der Waals surface area contributed by atoms with E-state index in [-0.39, 0.29) is 17.0 Å². The number of rotatable bonds is 28. The summed E-state index contributed by atoms with van der Waals surface area (Å²) in [4.78, 5) is 14.3. The third kappa shape index (κ3) is 17.4. The van der Waals surface area contributed by atoms with Crippen LogP contribution in [0, 0.1) is 12.8 Å². The maximum absolute atomic E-state index is 12.7. The van der Waals surface area contributed by atoms with E-state index in [2.05, 4.69) is 6.92 Å². The second-order valence-electron chi connectivity index (χ2n) is 13.6. The molecule has 0 amide bonds. The van der Waals surface area contributed by atoms with Gasteiger partial charge in [0.05, 0.1) is 24.2 Å². The molecule has 1 saturated heterocycles. The number of hydrogen-bond acceptors (Lipinski definition) is 9. The van der Waals surface area contributed by atoms with Crippen LogP contribution in [-0.2, 0) is 33.3 Å². The molecule has 274 valence electrons. The van der Waals surface area contributed by atoms with Crippen LogP contribution in [0.15, 0.2) is 40.8 Å². The van der Waals surface area contributed by atoms with Gasteiger partial charge in [0.15, 0.2) is 0 Å². The van der Waals surface area contributed by atoms with Gasteiger partial charge in [-0.2, -0.15) is 8.42 Å². The summed E-state index contributed by atoms with van der Waals surface area (Å²) in [6, 6.07) is 6.65. The van der Waals surface area contributed by atoms with Crippen molar-refractivity contribution in [2.24, 2.45) is 5.92 Å². The normalized spacial score (nSPS) is 19.4. The van der Waals surface area contributed by atoms with Crippen LogP contribution in [0.5, 0.6) is 0 Å². The van der Waals surface area contributed by atoms with Gasteiger partial charge in [-0.25, -0.2) is 4.18 Å². The maximum atomic E-state index is 12.7. The Hall–Kier alpha value is -1.59. The van der Waals surface area contributed by atoms with Gasteiger partial charge in [0.25, 0.3) is 10.1 Å². The molecule has 8 nitrogen and oxygen atoms in total. The molecular formula is C38H63NO7S2. The minimum atomic E-state index is -3.85. The molecule has 0 spiro atoms. The van der Waals surface area contributed by atoms with Crippen LogP contribution >= 0.6 is 11.8 Å². The van der Waals surface area contributed by atoms with Crippen LogP contribution in [0.2, 0.25) is 0 Å². The molecule has 10 heteroatoms. The molecule has 0 radical (unpaired) electrons. The molecule has 0 saturated carbocycles. The fraction of sp³-hybridized carbons (Fsp3) is 0.763. The summed E-state index contributed by atoms with van der Waals surface area (Å²) in [5.74, 6) is 0.177. The zero-order valence-corrected chi connectivity index (χ0v) is 31.4. The molecule has 1 aromatic carbocycles. The van der Waals surface area contributed by atoms with Crippen LogP contribution in [0.4, 0.5) is 0 Å². The molecule has 0 N–H and O–H groups in total. The van der Waals surface area contributed by atoms with E-state index < -0.39 is 15.7 Å². The topological polar surface area (TPSA) is 91.4 Å². The highest BCUT2D eigenvalue weighted by Crippen LogP contribution is 2.30. The number of ether oxygens (including phenoxy) is 3. The molecule has 1 fully saturated rings. The molecule has 3 unspecified atom stereocenters. The first-order valence-corrected chi connectivity index (χ1v) is 21.2. The molecule has 0 aliphatic carbocycles. The summed E-state index contributed by atoms with van der Waals surface area (Å²) in [6.45, 7) is 7.34. The van der Waals surface area contributed by atoms with Gasteiger partial charge in [-0.1, -0.05) is 126 Å². The Morgan fingerprint density at radius 3 is 2.15 bits per heavy atom. The minimum absolute atomic E-state index is 0.0452. The van der Waals surface area contributed by atoms with Crippen molar-refractivity contribution in [3.63, 3.8) is 0 Å². The molecule has 0 aromatic heterocycles. The SMILES string of the molecule is CCCCCCCCCCCCCCCCOCC1COC(COC(=O)CCCCCN2C=CSC2OS(=O)(=O)c2ccc(C)cc2)C1. The molecule has 3 rings (SSSR count). The lowest BCUT2D eigenvalue weighted by molar-refractivity contribution is -0.147. The number of hydrogen-bond donors (Lipinski definition) is 0. The second-order valence-corrected chi connectivity index (χ2v) is 16.1. The first-order chi connectivity index (χ1) is 23.4. The molecule has 2 aliphatic rings. The predicted octanol–water partition coefficient (Wildman–Crippen LogP) is 9.51. The number of thioether (sulfide) groups is 1. The van der Waals surface area contributed by atoms with Gasteiger partial charge < -0.3 is 19.1 Å². The third-order valence-corrected chi connectivity index (χ3v) is 11.4. The first-order valence-electron chi connectivity index (χ1n) is 18.8. The molecule has 1 aromatic rings. The van der Waals surface area contributed by atoms with E-state index >= 15 is 0 Å². The minimum Gasteiger partial charge on any atom is -0.463 e. The van der Waals surface area contributed by atoms with E-state index in [1.807, 2.05) is 23.4 Å². The largest absolute Gasteiger partial charge is 0.463 e. The van der Waals surface area contributed by atoms with Crippen LogP contribution < -0.4 is 0 Å².